The fraction of sp³-hybridized carbons (Fsp3) is 0.514. The number of anilines is 2. The third-order valence-corrected chi connectivity index (χ3v) is 8.80. The number of hydrogen-bond acceptors (Lipinski definition) is 12. The highest BCUT2D eigenvalue weighted by Crippen LogP contribution is 2.33. The van der Waals surface area contributed by atoms with Crippen molar-refractivity contribution in [1.82, 2.24) is 20.9 Å². The molecule has 0 aliphatic heterocycles. The largest absolute Gasteiger partial charge is 0.395 e. The van der Waals surface area contributed by atoms with Crippen molar-refractivity contribution in [1.29, 1.82) is 0 Å². The molecule has 288 valence electrons. The summed E-state index contributed by atoms with van der Waals surface area (Å²) in [5, 5.41) is 70.4. The zero-order valence-electron chi connectivity index (χ0n) is 30.7. The van der Waals surface area contributed by atoms with Gasteiger partial charge in [0.15, 0.2) is 0 Å². The summed E-state index contributed by atoms with van der Waals surface area (Å²) in [6, 6.07) is 0. The van der Waals surface area contributed by atoms with Gasteiger partial charge in [0.05, 0.1) is 32.0 Å². The van der Waals surface area contributed by atoms with Gasteiger partial charge in [-0.2, -0.15) is 0 Å². The average Bonchev–Trinajstić information content (AvgIpc) is 3.10. The minimum absolute atomic E-state index is 0.0302. The van der Waals surface area contributed by atoms with E-state index in [1.54, 1.807) is 41.7 Å². The summed E-state index contributed by atoms with van der Waals surface area (Å²) >= 11 is 0. The van der Waals surface area contributed by atoms with Crippen LogP contribution in [0.25, 0.3) is 0 Å². The van der Waals surface area contributed by atoms with Crippen molar-refractivity contribution in [3.8, 4) is 0 Å². The Morgan fingerprint density at radius 2 is 1.02 bits per heavy atom. The Morgan fingerprint density at radius 1 is 0.596 bits per heavy atom. The number of carbonyl (C=O) groups is 5. The molecule has 17 nitrogen and oxygen atoms in total. The Hall–Kier alpha value is -4.65. The van der Waals surface area contributed by atoms with Crippen LogP contribution >= 0.6 is 0 Å². The van der Waals surface area contributed by atoms with Crippen molar-refractivity contribution >= 4 is 40.9 Å². The van der Waals surface area contributed by atoms with Gasteiger partial charge in [-0.15, -0.1) is 0 Å². The zero-order chi connectivity index (χ0) is 39.4. The molecular weight excluding hydrogens is 680 g/mol. The molecule has 0 aliphatic rings. The number of aliphatic hydroxyl groups excluding tert-OH is 6. The normalized spacial score (nSPS) is 12.1. The van der Waals surface area contributed by atoms with Gasteiger partial charge in [-0.25, -0.2) is 0 Å². The molecule has 2 rings (SSSR count). The van der Waals surface area contributed by atoms with Crippen LogP contribution in [0.1, 0.15) is 74.8 Å². The Balaban J connectivity index is 2.49. The van der Waals surface area contributed by atoms with E-state index < -0.39 is 68.2 Å². The molecule has 5 amide bonds. The SMILES string of the molecule is CNc1c(C)c(C(=O)NCC(O)CO)c(C)c(C(=O)N(CCO)CCNC(=O)c2c(C)c(NC(=O)CO)c(C)c(C(=O)NCC(O)CO)c2C)c1C. The first kappa shape index (κ1) is 43.5. The molecule has 0 saturated carbocycles. The Kier molecular flexibility index (Phi) is 16.6. The van der Waals surface area contributed by atoms with Crippen LogP contribution in [0.15, 0.2) is 0 Å². The molecule has 11 N–H and O–H groups in total. The standard InChI is InChI=1S/C35H52N6O11/c1-17-26(20(4)31(40-25(48)16-45)21(5)27(17)33(50)38-12-23(46)14-43)32(49)37-8-9-41(10-11-42)35(52)29-18(2)28(19(3)30(36-7)22(29)6)34(51)39-13-24(47)15-44/h23-24,36,42-47H,8-16H2,1-7H3,(H,37,49)(H,38,50)(H,39,51)(H,40,48). The van der Waals surface area contributed by atoms with Crippen LogP contribution < -0.4 is 26.6 Å². The van der Waals surface area contributed by atoms with Gasteiger partial charge >= 0.3 is 0 Å². The first-order valence-corrected chi connectivity index (χ1v) is 16.7. The number of aliphatic hydroxyl groups is 6. The van der Waals surface area contributed by atoms with E-state index in [-0.39, 0.29) is 66.2 Å². The van der Waals surface area contributed by atoms with Crippen molar-refractivity contribution in [3.63, 3.8) is 0 Å². The van der Waals surface area contributed by atoms with E-state index in [0.29, 0.717) is 33.5 Å². The summed E-state index contributed by atoms with van der Waals surface area (Å²) in [6.45, 7) is 6.42. The second-order valence-electron chi connectivity index (χ2n) is 12.3. The summed E-state index contributed by atoms with van der Waals surface area (Å²) in [5.74, 6) is -3.21. The predicted octanol–water partition coefficient (Wildman–Crippen LogP) is -1.46. The fourth-order valence-electron chi connectivity index (χ4n) is 6.23. The maximum absolute atomic E-state index is 14.1. The molecule has 2 atom stereocenters. The van der Waals surface area contributed by atoms with E-state index in [1.807, 2.05) is 0 Å². The molecule has 2 unspecified atom stereocenters. The first-order chi connectivity index (χ1) is 24.5. The van der Waals surface area contributed by atoms with Crippen LogP contribution in [0.4, 0.5) is 11.4 Å². The summed E-state index contributed by atoms with van der Waals surface area (Å²) in [6.07, 6.45) is -2.41. The lowest BCUT2D eigenvalue weighted by Gasteiger charge is -2.27. The van der Waals surface area contributed by atoms with Crippen LogP contribution in [0.3, 0.4) is 0 Å². The van der Waals surface area contributed by atoms with Crippen molar-refractivity contribution in [2.24, 2.45) is 0 Å². The molecule has 0 heterocycles. The third kappa shape index (κ3) is 10.0. The van der Waals surface area contributed by atoms with Crippen molar-refractivity contribution in [3.05, 3.63) is 55.6 Å². The molecule has 0 radical (unpaired) electrons. The van der Waals surface area contributed by atoms with E-state index >= 15 is 0 Å². The molecule has 0 fully saturated rings. The van der Waals surface area contributed by atoms with Crippen LogP contribution in [-0.4, -0.2) is 143 Å². The zero-order valence-corrected chi connectivity index (χ0v) is 30.7. The topological polar surface area (TPSA) is 270 Å². The van der Waals surface area contributed by atoms with Crippen LogP contribution in [-0.2, 0) is 4.79 Å². The van der Waals surface area contributed by atoms with E-state index in [2.05, 4.69) is 26.6 Å². The number of rotatable bonds is 18. The van der Waals surface area contributed by atoms with Gasteiger partial charge in [0.2, 0.25) is 5.91 Å². The highest BCUT2D eigenvalue weighted by Gasteiger charge is 2.29. The second-order valence-corrected chi connectivity index (χ2v) is 12.3. The van der Waals surface area contributed by atoms with E-state index in [9.17, 15) is 44.4 Å². The minimum atomic E-state index is -1.23. The van der Waals surface area contributed by atoms with E-state index in [4.69, 9.17) is 10.2 Å². The molecule has 2 aromatic carbocycles. The summed E-state index contributed by atoms with van der Waals surface area (Å²) in [7, 11) is 1.64. The van der Waals surface area contributed by atoms with Gasteiger partial charge in [0.25, 0.3) is 23.6 Å². The molecular formula is C35H52N6O11. The Bertz CT molecular complexity index is 1660. The summed E-state index contributed by atoms with van der Waals surface area (Å²) < 4.78 is 0. The lowest BCUT2D eigenvalue weighted by Crippen LogP contribution is -2.41. The molecule has 17 heteroatoms. The van der Waals surface area contributed by atoms with Crippen molar-refractivity contribution < 1.29 is 54.6 Å². The van der Waals surface area contributed by atoms with Gasteiger partial charge in [-0.1, -0.05) is 0 Å². The van der Waals surface area contributed by atoms with Gasteiger partial charge < -0.3 is 62.1 Å². The van der Waals surface area contributed by atoms with Crippen LogP contribution in [0.2, 0.25) is 0 Å². The maximum atomic E-state index is 14.1. The number of carbonyl (C=O) groups excluding carboxylic acids is 5. The van der Waals surface area contributed by atoms with Gasteiger partial charge in [-0.3, -0.25) is 24.0 Å². The monoisotopic (exact) mass is 732 g/mol. The maximum Gasteiger partial charge on any atom is 0.254 e. The Labute approximate surface area is 302 Å². The quantitative estimate of drug-likeness (QED) is 0.0840. The Morgan fingerprint density at radius 3 is 1.44 bits per heavy atom. The lowest BCUT2D eigenvalue weighted by atomic mass is 9.89. The van der Waals surface area contributed by atoms with E-state index in [1.165, 1.54) is 11.8 Å². The molecule has 2 aromatic rings. The highest BCUT2D eigenvalue weighted by molar-refractivity contribution is 6.08. The van der Waals surface area contributed by atoms with Gasteiger partial charge in [0, 0.05) is 73.4 Å². The smallest absolute Gasteiger partial charge is 0.254 e. The molecule has 0 spiro atoms. The van der Waals surface area contributed by atoms with Crippen molar-refractivity contribution in [2.45, 2.75) is 53.8 Å². The molecule has 0 saturated heterocycles. The highest BCUT2D eigenvalue weighted by atomic mass is 16.3. The minimum Gasteiger partial charge on any atom is -0.395 e. The predicted molar refractivity (Wildman–Crippen MR) is 193 cm³/mol. The molecule has 52 heavy (non-hydrogen) atoms. The number of benzene rings is 2. The van der Waals surface area contributed by atoms with Crippen LogP contribution in [0.5, 0.6) is 0 Å². The number of nitrogens with one attached hydrogen (secondary N) is 5. The molecule has 0 bridgehead atoms. The lowest BCUT2D eigenvalue weighted by molar-refractivity contribution is -0.118. The van der Waals surface area contributed by atoms with Crippen molar-refractivity contribution in [2.75, 3.05) is 76.8 Å². The van der Waals surface area contributed by atoms with Crippen LogP contribution in [0, 0.1) is 41.5 Å². The summed E-state index contributed by atoms with van der Waals surface area (Å²) in [4.78, 5) is 67.8. The summed E-state index contributed by atoms with van der Waals surface area (Å²) in [5.41, 5.74) is 3.40. The number of hydrogen-bond donors (Lipinski definition) is 11. The van der Waals surface area contributed by atoms with Gasteiger partial charge in [0.1, 0.15) is 6.61 Å². The second kappa shape index (κ2) is 19.8. The number of nitrogens with zero attached hydrogens (tertiary/aromatic N) is 1. The number of amides is 5. The fourth-order valence-corrected chi connectivity index (χ4v) is 6.23. The third-order valence-electron chi connectivity index (χ3n) is 8.80. The van der Waals surface area contributed by atoms with Gasteiger partial charge in [-0.05, 0) is 74.9 Å². The molecule has 0 aromatic heterocycles. The average molecular weight is 733 g/mol. The molecule has 0 aliphatic carbocycles. The first-order valence-electron chi connectivity index (χ1n) is 16.7. The van der Waals surface area contributed by atoms with E-state index in [0.717, 1.165) is 0 Å².